The molecule has 0 atom stereocenters. The summed E-state index contributed by atoms with van der Waals surface area (Å²) in [5.41, 5.74) is 5.22. The van der Waals surface area contributed by atoms with Gasteiger partial charge in [0.2, 0.25) is 0 Å². The number of esters is 2. The topological polar surface area (TPSA) is 69.4 Å². The maximum absolute atomic E-state index is 11.3. The van der Waals surface area contributed by atoms with Gasteiger partial charge in [-0.25, -0.2) is 0 Å². The summed E-state index contributed by atoms with van der Waals surface area (Å²) in [5, 5.41) is 0. The van der Waals surface area contributed by atoms with Gasteiger partial charge >= 0.3 is 11.9 Å². The smallest absolute Gasteiger partial charge is 0.314 e. The molecule has 136 valence electrons. The molecule has 0 aromatic rings. The van der Waals surface area contributed by atoms with Crippen LogP contribution >= 0.6 is 0 Å². The van der Waals surface area contributed by atoms with Crippen molar-refractivity contribution in [2.75, 3.05) is 6.54 Å². The van der Waals surface area contributed by atoms with E-state index in [9.17, 15) is 9.59 Å². The van der Waals surface area contributed by atoms with Crippen LogP contribution in [-0.4, -0.2) is 18.5 Å². The average molecular weight is 328 g/mol. The largest absolute Gasteiger partial charge is 0.393 e. The third-order valence-corrected chi connectivity index (χ3v) is 4.06. The van der Waals surface area contributed by atoms with E-state index in [1.54, 1.807) is 0 Å². The van der Waals surface area contributed by atoms with Gasteiger partial charge in [0, 0.05) is 13.0 Å². The molecule has 0 saturated heterocycles. The summed E-state index contributed by atoms with van der Waals surface area (Å²) >= 11 is 0. The first-order valence-electron chi connectivity index (χ1n) is 9.64. The van der Waals surface area contributed by atoms with Crippen molar-refractivity contribution in [1.29, 1.82) is 0 Å². The van der Waals surface area contributed by atoms with Crippen LogP contribution in [0.25, 0.3) is 0 Å². The highest BCUT2D eigenvalue weighted by atomic mass is 16.6. The van der Waals surface area contributed by atoms with Crippen molar-refractivity contribution in [2.45, 2.75) is 103 Å². The fourth-order valence-corrected chi connectivity index (χ4v) is 2.63. The Kier molecular flexibility index (Phi) is 16.8. The molecule has 0 bridgehead atoms. The summed E-state index contributed by atoms with van der Waals surface area (Å²) in [7, 11) is 0. The molecule has 2 N–H and O–H groups in total. The molecule has 0 rings (SSSR count). The van der Waals surface area contributed by atoms with Crippen LogP contribution in [0.15, 0.2) is 0 Å². The minimum atomic E-state index is -0.507. The van der Waals surface area contributed by atoms with Crippen LogP contribution in [0.1, 0.15) is 103 Å². The van der Waals surface area contributed by atoms with Gasteiger partial charge in [-0.2, -0.15) is 0 Å². The molecule has 0 aliphatic heterocycles. The Balaban J connectivity index is 3.18. The third-order valence-electron chi connectivity index (χ3n) is 4.06. The van der Waals surface area contributed by atoms with Crippen molar-refractivity contribution in [2.24, 2.45) is 5.73 Å². The lowest BCUT2D eigenvalue weighted by atomic mass is 10.0. The minimum Gasteiger partial charge on any atom is -0.393 e. The van der Waals surface area contributed by atoms with Crippen LogP contribution in [0.2, 0.25) is 0 Å². The Hall–Kier alpha value is -0.900. The Morgan fingerprint density at radius 3 is 1.48 bits per heavy atom. The van der Waals surface area contributed by atoms with E-state index in [2.05, 4.69) is 11.7 Å². The number of carbonyl (C=O) groups excluding carboxylic acids is 2. The van der Waals surface area contributed by atoms with Crippen molar-refractivity contribution in [3.05, 3.63) is 0 Å². The number of unbranched alkanes of at least 4 members (excludes halogenated alkanes) is 12. The number of hydrogen-bond acceptors (Lipinski definition) is 4. The van der Waals surface area contributed by atoms with Gasteiger partial charge in [-0.05, 0) is 6.42 Å². The standard InChI is InChI=1S/C19H37NO3/c1-2-3-4-5-6-7-8-9-10-11-12-13-14-15-18(21)23-19(22)16-17-20/h2-17,20H2,1H3. The molecule has 0 aromatic carbocycles. The molecule has 0 amide bonds. The molecule has 0 aliphatic rings. The summed E-state index contributed by atoms with van der Waals surface area (Å²) in [6.45, 7) is 2.48. The van der Waals surface area contributed by atoms with Gasteiger partial charge in [-0.1, -0.05) is 84.0 Å². The molecule has 0 unspecified atom stereocenters. The molecule has 0 heterocycles. The second-order valence-corrected chi connectivity index (χ2v) is 6.38. The zero-order valence-corrected chi connectivity index (χ0v) is 15.1. The van der Waals surface area contributed by atoms with Gasteiger partial charge < -0.3 is 10.5 Å². The normalized spacial score (nSPS) is 10.7. The second-order valence-electron chi connectivity index (χ2n) is 6.38. The highest BCUT2D eigenvalue weighted by Crippen LogP contribution is 2.13. The average Bonchev–Trinajstić information content (AvgIpc) is 2.52. The zero-order valence-electron chi connectivity index (χ0n) is 15.1. The van der Waals surface area contributed by atoms with Gasteiger partial charge in [0.15, 0.2) is 0 Å². The molecule has 0 fully saturated rings. The van der Waals surface area contributed by atoms with E-state index in [1.165, 1.54) is 70.6 Å². The summed E-state index contributed by atoms with van der Waals surface area (Å²) in [6.07, 6.45) is 17.0. The van der Waals surface area contributed by atoms with E-state index in [4.69, 9.17) is 5.73 Å². The highest BCUT2D eigenvalue weighted by Gasteiger charge is 2.08. The number of rotatable bonds is 16. The first kappa shape index (κ1) is 22.1. The monoisotopic (exact) mass is 327 g/mol. The molecule has 0 saturated carbocycles. The van der Waals surface area contributed by atoms with E-state index in [1.807, 2.05) is 0 Å². The third kappa shape index (κ3) is 17.3. The Bertz CT molecular complexity index is 292. The molecule has 0 radical (unpaired) electrons. The molecular formula is C19H37NO3. The Labute approximate surface area is 142 Å². The highest BCUT2D eigenvalue weighted by molar-refractivity contribution is 5.85. The van der Waals surface area contributed by atoms with Crippen LogP contribution < -0.4 is 5.73 Å². The fourth-order valence-electron chi connectivity index (χ4n) is 2.63. The van der Waals surface area contributed by atoms with Crippen LogP contribution in [-0.2, 0) is 14.3 Å². The van der Waals surface area contributed by atoms with Crippen LogP contribution in [0.3, 0.4) is 0 Å². The zero-order chi connectivity index (χ0) is 17.2. The van der Waals surface area contributed by atoms with Crippen molar-refractivity contribution in [1.82, 2.24) is 0 Å². The van der Waals surface area contributed by atoms with Gasteiger partial charge in [0.25, 0.3) is 0 Å². The van der Waals surface area contributed by atoms with Crippen molar-refractivity contribution < 1.29 is 14.3 Å². The second kappa shape index (κ2) is 17.5. The first-order chi connectivity index (χ1) is 11.2. The lowest BCUT2D eigenvalue weighted by Crippen LogP contribution is -2.15. The number of carbonyl (C=O) groups is 2. The molecule has 0 aliphatic carbocycles. The molecule has 0 aromatic heterocycles. The minimum absolute atomic E-state index is 0.115. The molecular weight excluding hydrogens is 290 g/mol. The van der Waals surface area contributed by atoms with Crippen molar-refractivity contribution in [3.8, 4) is 0 Å². The van der Waals surface area contributed by atoms with Gasteiger partial charge in [-0.3, -0.25) is 9.59 Å². The molecule has 4 nitrogen and oxygen atoms in total. The SMILES string of the molecule is CCCCCCCCCCCCCCCC(=O)OC(=O)CCN. The van der Waals surface area contributed by atoms with E-state index in [0.29, 0.717) is 6.42 Å². The number of ether oxygens (including phenoxy) is 1. The molecule has 23 heavy (non-hydrogen) atoms. The summed E-state index contributed by atoms with van der Waals surface area (Å²) in [6, 6.07) is 0. The number of hydrogen-bond donors (Lipinski definition) is 1. The fraction of sp³-hybridized carbons (Fsp3) is 0.895. The van der Waals surface area contributed by atoms with Gasteiger partial charge in [0.1, 0.15) is 0 Å². The van der Waals surface area contributed by atoms with Crippen LogP contribution in [0.5, 0.6) is 0 Å². The molecule has 0 spiro atoms. The maximum atomic E-state index is 11.3. The molecule has 4 heteroatoms. The van der Waals surface area contributed by atoms with Crippen LogP contribution in [0.4, 0.5) is 0 Å². The summed E-state index contributed by atoms with van der Waals surface area (Å²) in [5.74, 6) is -0.918. The van der Waals surface area contributed by atoms with Gasteiger partial charge in [-0.15, -0.1) is 0 Å². The Morgan fingerprint density at radius 1 is 0.652 bits per heavy atom. The van der Waals surface area contributed by atoms with Crippen molar-refractivity contribution in [3.63, 3.8) is 0 Å². The van der Waals surface area contributed by atoms with E-state index >= 15 is 0 Å². The summed E-state index contributed by atoms with van der Waals surface area (Å²) in [4.78, 5) is 22.4. The van der Waals surface area contributed by atoms with Gasteiger partial charge in [0.05, 0.1) is 6.42 Å². The predicted octanol–water partition coefficient (Wildman–Crippen LogP) is 4.89. The van der Waals surface area contributed by atoms with E-state index in [-0.39, 0.29) is 13.0 Å². The van der Waals surface area contributed by atoms with E-state index < -0.39 is 11.9 Å². The van der Waals surface area contributed by atoms with Crippen LogP contribution in [0, 0.1) is 0 Å². The maximum Gasteiger partial charge on any atom is 0.314 e. The van der Waals surface area contributed by atoms with Crippen molar-refractivity contribution >= 4 is 11.9 Å². The lowest BCUT2D eigenvalue weighted by Gasteiger charge is -2.03. The first-order valence-corrected chi connectivity index (χ1v) is 9.64. The predicted molar refractivity (Wildman–Crippen MR) is 95.1 cm³/mol. The quantitative estimate of drug-likeness (QED) is 0.249. The summed E-state index contributed by atoms with van der Waals surface area (Å²) < 4.78 is 4.64. The number of nitrogens with two attached hydrogens (primary N) is 1. The Morgan fingerprint density at radius 2 is 1.04 bits per heavy atom. The lowest BCUT2D eigenvalue weighted by molar-refractivity contribution is -0.159. The van der Waals surface area contributed by atoms with E-state index in [0.717, 1.165) is 12.8 Å².